The molecular weight excluding hydrogens is 522 g/mol. The summed E-state index contributed by atoms with van der Waals surface area (Å²) in [5, 5.41) is 10.4. The van der Waals surface area contributed by atoms with Crippen molar-refractivity contribution in [2.45, 2.75) is 48.4 Å². The molecule has 2 aromatic rings. The van der Waals surface area contributed by atoms with Crippen molar-refractivity contribution < 1.29 is 19.5 Å². The minimum absolute atomic E-state index is 0.109. The van der Waals surface area contributed by atoms with E-state index in [2.05, 4.69) is 0 Å². The average Bonchev–Trinajstić information content (AvgIpc) is 3.24. The Bertz CT molecular complexity index is 1370. The largest absolute Gasteiger partial charge is 0.394 e. The molecule has 0 bridgehead atoms. The fourth-order valence-corrected chi connectivity index (χ4v) is 8.88. The van der Waals surface area contributed by atoms with E-state index in [-0.39, 0.29) is 29.6 Å². The van der Waals surface area contributed by atoms with Crippen LogP contribution in [-0.4, -0.2) is 73.9 Å². The van der Waals surface area contributed by atoms with E-state index in [1.807, 2.05) is 111 Å². The molecule has 40 heavy (non-hydrogen) atoms. The number of amides is 3. The Balaban J connectivity index is 1.51. The molecule has 1 spiro atoms. The van der Waals surface area contributed by atoms with Crippen molar-refractivity contribution in [1.29, 1.82) is 0 Å². The van der Waals surface area contributed by atoms with E-state index in [9.17, 15) is 19.5 Å². The summed E-state index contributed by atoms with van der Waals surface area (Å²) in [6, 6.07) is 17.3. The van der Waals surface area contributed by atoms with Gasteiger partial charge in [-0.3, -0.25) is 14.4 Å². The summed E-state index contributed by atoms with van der Waals surface area (Å²) in [5.41, 5.74) is 1.07. The second kappa shape index (κ2) is 9.93. The molecule has 2 fully saturated rings. The number of carbonyl (C=O) groups excluding carboxylic acids is 3. The van der Waals surface area contributed by atoms with Crippen LogP contribution in [0.3, 0.4) is 0 Å². The zero-order valence-corrected chi connectivity index (χ0v) is 23.8. The number of carbonyl (C=O) groups is 3. The van der Waals surface area contributed by atoms with Gasteiger partial charge in [0.15, 0.2) is 0 Å². The first kappa shape index (κ1) is 26.8. The molecule has 0 saturated carbocycles. The molecule has 2 aromatic carbocycles. The van der Waals surface area contributed by atoms with Crippen LogP contribution in [0.15, 0.2) is 85.0 Å². The third-order valence-electron chi connectivity index (χ3n) is 8.67. The molecule has 4 aliphatic heterocycles. The first-order chi connectivity index (χ1) is 19.2. The van der Waals surface area contributed by atoms with Crippen molar-refractivity contribution in [3.8, 4) is 0 Å². The molecule has 208 valence electrons. The van der Waals surface area contributed by atoms with Crippen LogP contribution in [0.25, 0.3) is 0 Å². The molecule has 1 N–H and O–H groups in total. The van der Waals surface area contributed by atoms with Gasteiger partial charge in [-0.25, -0.2) is 0 Å². The molecule has 0 aromatic heterocycles. The van der Waals surface area contributed by atoms with Gasteiger partial charge in [0.2, 0.25) is 17.7 Å². The van der Waals surface area contributed by atoms with Crippen LogP contribution in [0.5, 0.6) is 0 Å². The number of benzene rings is 2. The Labute approximate surface area is 239 Å². The lowest BCUT2D eigenvalue weighted by atomic mass is 9.78. The van der Waals surface area contributed by atoms with E-state index in [0.717, 1.165) is 11.3 Å². The Kier molecular flexibility index (Phi) is 6.66. The van der Waals surface area contributed by atoms with Crippen LogP contribution >= 0.6 is 11.8 Å². The van der Waals surface area contributed by atoms with Crippen molar-refractivity contribution in [2.75, 3.05) is 24.6 Å². The predicted octanol–water partition coefficient (Wildman–Crippen LogP) is 3.82. The maximum atomic E-state index is 14.7. The molecule has 7 nitrogen and oxygen atoms in total. The summed E-state index contributed by atoms with van der Waals surface area (Å²) >= 11 is 1.56. The van der Waals surface area contributed by atoms with Crippen molar-refractivity contribution in [3.05, 3.63) is 90.5 Å². The normalized spacial score (nSPS) is 30.6. The lowest BCUT2D eigenvalue weighted by Crippen LogP contribution is -2.58. The van der Waals surface area contributed by atoms with Crippen LogP contribution in [0.4, 0.5) is 5.69 Å². The zero-order chi connectivity index (χ0) is 28.2. The molecule has 3 amide bonds. The smallest absolute Gasteiger partial charge is 0.247 e. The number of anilines is 1. The summed E-state index contributed by atoms with van der Waals surface area (Å²) in [6.07, 6.45) is 8.06. The zero-order valence-electron chi connectivity index (χ0n) is 23.0. The molecule has 1 unspecified atom stereocenters. The number of nitrogens with zero attached hydrogens (tertiary/aromatic N) is 3. The molecule has 8 heteroatoms. The second-order valence-corrected chi connectivity index (χ2v) is 13.4. The third-order valence-corrected chi connectivity index (χ3v) is 10.4. The first-order valence-corrected chi connectivity index (χ1v) is 14.7. The summed E-state index contributed by atoms with van der Waals surface area (Å²) in [4.78, 5) is 48.7. The van der Waals surface area contributed by atoms with E-state index in [0.29, 0.717) is 13.1 Å². The average molecular weight is 558 g/mol. The van der Waals surface area contributed by atoms with Gasteiger partial charge >= 0.3 is 0 Å². The number of hydrogen-bond acceptors (Lipinski definition) is 5. The van der Waals surface area contributed by atoms with E-state index < -0.39 is 34.2 Å². The van der Waals surface area contributed by atoms with Crippen molar-refractivity contribution in [1.82, 2.24) is 9.80 Å². The molecule has 2 saturated heterocycles. The van der Waals surface area contributed by atoms with Gasteiger partial charge in [-0.15, -0.1) is 11.8 Å². The predicted molar refractivity (Wildman–Crippen MR) is 157 cm³/mol. The van der Waals surface area contributed by atoms with E-state index in [1.54, 1.807) is 21.6 Å². The maximum absolute atomic E-state index is 14.7. The highest BCUT2D eigenvalue weighted by Gasteiger charge is 2.72. The lowest BCUT2D eigenvalue weighted by Gasteiger charge is -2.42. The van der Waals surface area contributed by atoms with Gasteiger partial charge in [0.25, 0.3) is 0 Å². The number of rotatable bonds is 4. The minimum Gasteiger partial charge on any atom is -0.394 e. The van der Waals surface area contributed by atoms with Gasteiger partial charge in [0.05, 0.1) is 29.2 Å². The lowest BCUT2D eigenvalue weighted by molar-refractivity contribution is -0.148. The fourth-order valence-electron chi connectivity index (χ4n) is 6.89. The summed E-state index contributed by atoms with van der Waals surface area (Å²) in [7, 11) is 0. The number of likely N-dealkylation sites (tertiary alicyclic amines) is 1. The number of thioether (sulfide) groups is 1. The Morgan fingerprint density at radius 2 is 1.60 bits per heavy atom. The standard InChI is InChI=1S/C32H35N3O4S/c1-31(2,3)34-19-11-17-32-26(25-24(40-32)16-10-18-33(28(25)37)22-14-8-5-9-15-22)29(38)35(27(32)30(34)39)23(20-36)21-12-6-4-7-13-21/h4-17,23-27,36H,18-20H2,1-3H3/t23-,24+,25-,26+,27?,32+/m1/s1. The molecule has 6 rings (SSSR count). The monoisotopic (exact) mass is 557 g/mol. The molecular formula is C32H35N3O4S. The molecule has 0 radical (unpaired) electrons. The van der Waals surface area contributed by atoms with Gasteiger partial charge < -0.3 is 19.8 Å². The molecule has 0 aliphatic carbocycles. The Morgan fingerprint density at radius 3 is 2.25 bits per heavy atom. The van der Waals surface area contributed by atoms with E-state index >= 15 is 0 Å². The van der Waals surface area contributed by atoms with Crippen molar-refractivity contribution in [3.63, 3.8) is 0 Å². The Morgan fingerprint density at radius 1 is 0.925 bits per heavy atom. The van der Waals surface area contributed by atoms with Crippen molar-refractivity contribution in [2.24, 2.45) is 11.8 Å². The number of para-hydroxylation sites is 1. The van der Waals surface area contributed by atoms with Crippen molar-refractivity contribution >= 4 is 35.2 Å². The maximum Gasteiger partial charge on any atom is 0.247 e. The van der Waals surface area contributed by atoms with Crippen LogP contribution < -0.4 is 4.90 Å². The summed E-state index contributed by atoms with van der Waals surface area (Å²) in [5.74, 6) is -1.89. The van der Waals surface area contributed by atoms with E-state index in [4.69, 9.17) is 0 Å². The highest BCUT2D eigenvalue weighted by Crippen LogP contribution is 2.62. The van der Waals surface area contributed by atoms with Gasteiger partial charge in [0, 0.05) is 29.6 Å². The number of fused-ring (bicyclic) bond motifs is 2. The van der Waals surface area contributed by atoms with Crippen LogP contribution in [0.1, 0.15) is 32.4 Å². The highest BCUT2D eigenvalue weighted by atomic mass is 32.2. The van der Waals surface area contributed by atoms with Gasteiger partial charge in [-0.2, -0.15) is 0 Å². The quantitative estimate of drug-likeness (QED) is 0.579. The van der Waals surface area contributed by atoms with Crippen LogP contribution in [0, 0.1) is 11.8 Å². The molecule has 6 atom stereocenters. The number of hydrogen-bond donors (Lipinski definition) is 1. The minimum atomic E-state index is -0.939. The first-order valence-electron chi connectivity index (χ1n) is 13.9. The fraction of sp³-hybridized carbons (Fsp3) is 0.406. The SMILES string of the molecule is CC(C)(C)N1CC=C[C@]23S[C@H]4C=CCN(c5ccccc5)C(=O)[C@H]4[C@H]2C(=O)N([C@H](CO)c2ccccc2)C3C1=O. The summed E-state index contributed by atoms with van der Waals surface area (Å²) < 4.78 is -0.939. The molecule has 4 heterocycles. The number of aliphatic hydroxyl groups excluding tert-OH is 1. The van der Waals surface area contributed by atoms with E-state index in [1.165, 1.54) is 0 Å². The number of aliphatic hydroxyl groups is 1. The highest BCUT2D eigenvalue weighted by molar-refractivity contribution is 8.02. The van der Waals surface area contributed by atoms with Crippen LogP contribution in [-0.2, 0) is 14.4 Å². The second-order valence-electron chi connectivity index (χ2n) is 11.9. The van der Waals surface area contributed by atoms with Gasteiger partial charge in [0.1, 0.15) is 6.04 Å². The summed E-state index contributed by atoms with van der Waals surface area (Å²) in [6.45, 7) is 6.49. The van der Waals surface area contributed by atoms with Gasteiger partial charge in [-0.05, 0) is 38.5 Å². The Hall–Kier alpha value is -3.36. The topological polar surface area (TPSA) is 81.2 Å². The third kappa shape index (κ3) is 4.03. The molecule has 4 aliphatic rings. The van der Waals surface area contributed by atoms with Gasteiger partial charge in [-0.1, -0.05) is 72.8 Å². The van der Waals surface area contributed by atoms with Crippen LogP contribution in [0.2, 0.25) is 0 Å².